The molecular weight excluding hydrogens is 268 g/mol. The van der Waals surface area contributed by atoms with E-state index in [0.717, 1.165) is 25.3 Å². The number of rotatable bonds is 5. The van der Waals surface area contributed by atoms with E-state index in [1.54, 1.807) is 0 Å². The molecule has 1 aromatic carbocycles. The van der Waals surface area contributed by atoms with Gasteiger partial charge in [-0.05, 0) is 6.07 Å². The zero-order valence-electron chi connectivity index (χ0n) is 9.55. The number of nitro groups is 1. The SMILES string of the molecule is COc1cc([N+](=O)[O-])ccc1OC(F)(F)C(=O)NN. The smallest absolute Gasteiger partial charge is 0.483 e. The molecule has 0 atom stereocenters. The number of alkyl halides is 2. The van der Waals surface area contributed by atoms with Gasteiger partial charge in [0.15, 0.2) is 11.5 Å². The third kappa shape index (κ3) is 3.25. The number of nitrogens with zero attached hydrogens (tertiary/aromatic N) is 1. The number of benzene rings is 1. The van der Waals surface area contributed by atoms with Crippen LogP contribution in [0.5, 0.6) is 11.5 Å². The van der Waals surface area contributed by atoms with Crippen LogP contribution >= 0.6 is 0 Å². The Kier molecular flexibility index (Phi) is 4.17. The lowest BCUT2D eigenvalue weighted by atomic mass is 10.3. The van der Waals surface area contributed by atoms with Gasteiger partial charge in [-0.1, -0.05) is 0 Å². The van der Waals surface area contributed by atoms with Gasteiger partial charge in [-0.15, -0.1) is 0 Å². The molecule has 1 rings (SSSR count). The maximum absolute atomic E-state index is 13.2. The van der Waals surface area contributed by atoms with E-state index >= 15 is 0 Å². The monoisotopic (exact) mass is 277 g/mol. The van der Waals surface area contributed by atoms with Crippen molar-refractivity contribution in [2.45, 2.75) is 6.11 Å². The number of halogens is 2. The maximum atomic E-state index is 13.2. The first-order valence-corrected chi connectivity index (χ1v) is 4.72. The molecule has 0 bridgehead atoms. The number of non-ortho nitro benzene ring substituents is 1. The van der Waals surface area contributed by atoms with Crippen molar-refractivity contribution in [3.63, 3.8) is 0 Å². The molecule has 0 unspecified atom stereocenters. The van der Waals surface area contributed by atoms with Crippen LogP contribution < -0.4 is 20.7 Å². The van der Waals surface area contributed by atoms with Crippen LogP contribution in [-0.2, 0) is 4.79 Å². The van der Waals surface area contributed by atoms with E-state index in [9.17, 15) is 23.7 Å². The summed E-state index contributed by atoms with van der Waals surface area (Å²) >= 11 is 0. The van der Waals surface area contributed by atoms with Crippen molar-refractivity contribution in [1.82, 2.24) is 5.43 Å². The van der Waals surface area contributed by atoms with Crippen molar-refractivity contribution in [2.75, 3.05) is 7.11 Å². The van der Waals surface area contributed by atoms with Crippen LogP contribution in [0.4, 0.5) is 14.5 Å². The van der Waals surface area contributed by atoms with Crippen molar-refractivity contribution < 1.29 is 28.0 Å². The standard InChI is InChI=1S/C9H9F2N3O5/c1-18-7-4-5(14(16)17)2-3-6(7)19-9(10,11)8(15)13-12/h2-4H,12H2,1H3,(H,13,15). The highest BCUT2D eigenvalue weighted by Gasteiger charge is 2.42. The van der Waals surface area contributed by atoms with Crippen LogP contribution in [0.2, 0.25) is 0 Å². The number of amides is 1. The number of hydrazine groups is 1. The predicted molar refractivity (Wildman–Crippen MR) is 57.6 cm³/mol. The number of nitrogens with two attached hydrogens (primary N) is 1. The zero-order chi connectivity index (χ0) is 14.6. The summed E-state index contributed by atoms with van der Waals surface area (Å²) in [5, 5.41) is 10.5. The third-order valence-electron chi connectivity index (χ3n) is 1.99. The molecule has 0 heterocycles. The summed E-state index contributed by atoms with van der Waals surface area (Å²) in [5.74, 6) is 1.84. The Morgan fingerprint density at radius 2 is 2.11 bits per heavy atom. The second kappa shape index (κ2) is 5.44. The van der Waals surface area contributed by atoms with Crippen molar-refractivity contribution in [3.8, 4) is 11.5 Å². The van der Waals surface area contributed by atoms with Gasteiger partial charge >= 0.3 is 12.0 Å². The number of nitro benzene ring substituents is 1. The summed E-state index contributed by atoms with van der Waals surface area (Å²) in [7, 11) is 1.10. The Labute approximate surface area is 105 Å². The second-order valence-corrected chi connectivity index (χ2v) is 3.18. The molecule has 0 fully saturated rings. The molecule has 0 spiro atoms. The molecule has 104 valence electrons. The Morgan fingerprint density at radius 1 is 1.47 bits per heavy atom. The van der Waals surface area contributed by atoms with E-state index in [-0.39, 0.29) is 11.4 Å². The Morgan fingerprint density at radius 3 is 2.58 bits per heavy atom. The van der Waals surface area contributed by atoms with Gasteiger partial charge in [0.1, 0.15) is 0 Å². The van der Waals surface area contributed by atoms with Gasteiger partial charge in [-0.3, -0.25) is 20.3 Å². The largest absolute Gasteiger partial charge is 0.493 e. The number of methoxy groups -OCH3 is 1. The average molecular weight is 277 g/mol. The molecule has 10 heteroatoms. The summed E-state index contributed by atoms with van der Waals surface area (Å²) in [5.41, 5.74) is 0.851. The van der Waals surface area contributed by atoms with Gasteiger partial charge in [0, 0.05) is 6.07 Å². The summed E-state index contributed by atoms with van der Waals surface area (Å²) in [6.45, 7) is 0. The van der Waals surface area contributed by atoms with E-state index in [4.69, 9.17) is 0 Å². The Hall–Kier alpha value is -2.49. The fourth-order valence-electron chi connectivity index (χ4n) is 1.12. The van der Waals surface area contributed by atoms with Crippen LogP contribution in [0.25, 0.3) is 0 Å². The topological polar surface area (TPSA) is 117 Å². The molecule has 1 aromatic rings. The lowest BCUT2D eigenvalue weighted by Gasteiger charge is -2.17. The lowest BCUT2D eigenvalue weighted by molar-refractivity contribution is -0.385. The molecule has 19 heavy (non-hydrogen) atoms. The normalized spacial score (nSPS) is 10.7. The molecule has 0 aliphatic carbocycles. The molecular formula is C9H9F2N3O5. The highest BCUT2D eigenvalue weighted by molar-refractivity contribution is 5.81. The first-order valence-electron chi connectivity index (χ1n) is 4.72. The van der Waals surface area contributed by atoms with Gasteiger partial charge in [-0.2, -0.15) is 8.78 Å². The maximum Gasteiger partial charge on any atom is 0.483 e. The van der Waals surface area contributed by atoms with Crippen LogP contribution in [-0.4, -0.2) is 24.0 Å². The highest BCUT2D eigenvalue weighted by Crippen LogP contribution is 2.34. The molecule has 0 saturated heterocycles. The fraction of sp³-hybridized carbons (Fsp3) is 0.222. The molecule has 0 saturated carbocycles. The van der Waals surface area contributed by atoms with Crippen molar-refractivity contribution >= 4 is 11.6 Å². The van der Waals surface area contributed by atoms with E-state index in [2.05, 4.69) is 15.3 Å². The molecule has 0 aliphatic rings. The van der Waals surface area contributed by atoms with E-state index in [0.29, 0.717) is 0 Å². The van der Waals surface area contributed by atoms with Gasteiger partial charge in [-0.25, -0.2) is 5.84 Å². The Balaban J connectivity index is 3.08. The number of ether oxygens (including phenoxy) is 2. The zero-order valence-corrected chi connectivity index (χ0v) is 9.55. The number of carbonyl (C=O) groups excluding carboxylic acids is 1. The molecule has 0 aliphatic heterocycles. The van der Waals surface area contributed by atoms with Crippen molar-refractivity contribution in [2.24, 2.45) is 5.84 Å². The average Bonchev–Trinajstić information content (AvgIpc) is 2.37. The second-order valence-electron chi connectivity index (χ2n) is 3.18. The minimum Gasteiger partial charge on any atom is -0.493 e. The first-order chi connectivity index (χ1) is 8.81. The fourth-order valence-corrected chi connectivity index (χ4v) is 1.12. The minimum atomic E-state index is -4.24. The molecule has 8 nitrogen and oxygen atoms in total. The first kappa shape index (κ1) is 14.6. The Bertz CT molecular complexity index is 509. The van der Waals surface area contributed by atoms with Gasteiger partial charge in [0.25, 0.3) is 5.69 Å². The number of hydrogen-bond acceptors (Lipinski definition) is 6. The van der Waals surface area contributed by atoms with Crippen LogP contribution in [0, 0.1) is 10.1 Å². The minimum absolute atomic E-state index is 0.321. The summed E-state index contributed by atoms with van der Waals surface area (Å²) < 4.78 is 35.2. The quantitative estimate of drug-likeness (QED) is 0.351. The third-order valence-corrected chi connectivity index (χ3v) is 1.99. The van der Waals surface area contributed by atoms with Gasteiger partial charge < -0.3 is 9.47 Å². The summed E-state index contributed by atoms with van der Waals surface area (Å²) in [6, 6.07) is 2.69. The highest BCUT2D eigenvalue weighted by atomic mass is 19.3. The van der Waals surface area contributed by atoms with Crippen molar-refractivity contribution in [3.05, 3.63) is 28.3 Å². The molecule has 3 N–H and O–H groups in total. The number of hydrogen-bond donors (Lipinski definition) is 2. The molecule has 1 amide bonds. The van der Waals surface area contributed by atoms with Gasteiger partial charge in [0.05, 0.1) is 18.1 Å². The van der Waals surface area contributed by atoms with Crippen LogP contribution in [0.15, 0.2) is 18.2 Å². The van der Waals surface area contributed by atoms with Crippen molar-refractivity contribution in [1.29, 1.82) is 0 Å². The predicted octanol–water partition coefficient (Wildman–Crippen LogP) is 0.565. The molecule has 0 radical (unpaired) electrons. The number of nitrogens with one attached hydrogen (secondary N) is 1. The summed E-state index contributed by atoms with van der Waals surface area (Å²) in [4.78, 5) is 20.5. The number of carbonyl (C=O) groups is 1. The van der Waals surface area contributed by atoms with Crippen LogP contribution in [0.1, 0.15) is 0 Å². The summed E-state index contributed by atoms with van der Waals surface area (Å²) in [6.07, 6.45) is -4.24. The van der Waals surface area contributed by atoms with Crippen LogP contribution in [0.3, 0.4) is 0 Å². The lowest BCUT2D eigenvalue weighted by Crippen LogP contribution is -2.47. The van der Waals surface area contributed by atoms with E-state index < -0.39 is 22.7 Å². The van der Waals surface area contributed by atoms with E-state index in [1.807, 2.05) is 0 Å². The van der Waals surface area contributed by atoms with E-state index in [1.165, 1.54) is 5.43 Å². The van der Waals surface area contributed by atoms with Gasteiger partial charge in [0.2, 0.25) is 0 Å². The molecule has 0 aromatic heterocycles.